The van der Waals surface area contributed by atoms with E-state index < -0.39 is 5.91 Å². The number of halogens is 1. The number of hydrogen-bond acceptors (Lipinski definition) is 7. The quantitative estimate of drug-likeness (QED) is 0.322. The van der Waals surface area contributed by atoms with Crippen LogP contribution in [0, 0.1) is 5.82 Å². The average Bonchev–Trinajstić information content (AvgIpc) is 3.21. The van der Waals surface area contributed by atoms with Crippen molar-refractivity contribution >= 4 is 58.0 Å². The van der Waals surface area contributed by atoms with Crippen LogP contribution >= 0.6 is 34.9 Å². The first-order chi connectivity index (χ1) is 14.9. The van der Waals surface area contributed by atoms with E-state index in [1.54, 1.807) is 36.0 Å². The third-order valence-corrected chi connectivity index (χ3v) is 7.13. The first kappa shape index (κ1) is 23.0. The standard InChI is InChI=1S/C21H19FN4O2S3/c1-13(2)11-29-20-25-26-21(31-20)30-12-18(27)24-17-6-4-3-5-16(17)19(28)23-15-9-7-14(22)8-10-15/h3-10H,1,11-12H2,2H3,(H,23,28)(H,24,27). The number of benzene rings is 2. The molecule has 0 unspecified atom stereocenters. The average molecular weight is 475 g/mol. The van der Waals surface area contributed by atoms with Crippen LogP contribution < -0.4 is 10.6 Å². The molecule has 0 aliphatic carbocycles. The fourth-order valence-corrected chi connectivity index (χ4v) is 5.00. The summed E-state index contributed by atoms with van der Waals surface area (Å²) < 4.78 is 14.6. The van der Waals surface area contributed by atoms with Crippen LogP contribution in [0.3, 0.4) is 0 Å². The molecule has 0 aliphatic rings. The number of thioether (sulfide) groups is 2. The predicted octanol–water partition coefficient (Wildman–Crippen LogP) is 5.33. The van der Waals surface area contributed by atoms with E-state index in [-0.39, 0.29) is 17.5 Å². The lowest BCUT2D eigenvalue weighted by Crippen LogP contribution is -2.19. The van der Waals surface area contributed by atoms with Crippen molar-refractivity contribution in [1.29, 1.82) is 0 Å². The summed E-state index contributed by atoms with van der Waals surface area (Å²) in [5.74, 6) is -0.151. The van der Waals surface area contributed by atoms with E-state index in [0.29, 0.717) is 21.3 Å². The SMILES string of the molecule is C=C(C)CSc1nnc(SCC(=O)Nc2ccccc2C(=O)Nc2ccc(F)cc2)s1. The topological polar surface area (TPSA) is 84.0 Å². The minimum atomic E-state index is -0.404. The maximum Gasteiger partial charge on any atom is 0.257 e. The summed E-state index contributed by atoms with van der Waals surface area (Å²) >= 11 is 4.27. The second-order valence-corrected chi connectivity index (χ2v) is 9.85. The molecule has 0 radical (unpaired) electrons. The van der Waals surface area contributed by atoms with Gasteiger partial charge in [-0.05, 0) is 43.3 Å². The molecule has 1 heterocycles. The lowest BCUT2D eigenvalue weighted by atomic mass is 10.1. The lowest BCUT2D eigenvalue weighted by Gasteiger charge is -2.11. The van der Waals surface area contributed by atoms with E-state index in [4.69, 9.17) is 0 Å². The van der Waals surface area contributed by atoms with Crippen molar-refractivity contribution < 1.29 is 14.0 Å². The van der Waals surface area contributed by atoms with Gasteiger partial charge < -0.3 is 10.6 Å². The molecule has 0 spiro atoms. The molecule has 0 fully saturated rings. The van der Waals surface area contributed by atoms with Crippen LogP contribution in [0.2, 0.25) is 0 Å². The number of nitrogens with zero attached hydrogens (tertiary/aromatic N) is 2. The summed E-state index contributed by atoms with van der Waals surface area (Å²) in [6, 6.07) is 12.2. The molecule has 2 aromatic carbocycles. The molecular formula is C21H19FN4O2S3. The van der Waals surface area contributed by atoms with Crippen LogP contribution in [0.1, 0.15) is 17.3 Å². The van der Waals surface area contributed by atoms with Crippen LogP contribution in [0.25, 0.3) is 0 Å². The number of para-hydroxylation sites is 1. The number of amides is 2. The molecule has 3 rings (SSSR count). The van der Waals surface area contributed by atoms with Gasteiger partial charge in [0.2, 0.25) is 5.91 Å². The molecule has 3 aromatic rings. The normalized spacial score (nSPS) is 10.5. The maximum absolute atomic E-state index is 13.0. The summed E-state index contributed by atoms with van der Waals surface area (Å²) in [5, 5.41) is 13.6. The summed E-state index contributed by atoms with van der Waals surface area (Å²) in [5.41, 5.74) is 2.21. The van der Waals surface area contributed by atoms with Crippen molar-refractivity contribution in [2.24, 2.45) is 0 Å². The van der Waals surface area contributed by atoms with Gasteiger partial charge in [-0.1, -0.05) is 59.1 Å². The smallest absolute Gasteiger partial charge is 0.257 e. The number of hydrogen-bond donors (Lipinski definition) is 2. The largest absolute Gasteiger partial charge is 0.325 e. The highest BCUT2D eigenvalue weighted by Crippen LogP contribution is 2.29. The predicted molar refractivity (Wildman–Crippen MR) is 126 cm³/mol. The van der Waals surface area contributed by atoms with E-state index in [0.717, 1.165) is 15.7 Å². The Kier molecular flexibility index (Phi) is 8.21. The zero-order valence-corrected chi connectivity index (χ0v) is 19.0. The number of aromatic nitrogens is 2. The minimum absolute atomic E-state index is 0.133. The van der Waals surface area contributed by atoms with Crippen molar-refractivity contribution in [3.05, 3.63) is 72.1 Å². The number of rotatable bonds is 9. The molecule has 10 heteroatoms. The van der Waals surface area contributed by atoms with Crippen molar-refractivity contribution in [2.45, 2.75) is 15.6 Å². The monoisotopic (exact) mass is 474 g/mol. The van der Waals surface area contributed by atoms with Crippen LogP contribution in [-0.4, -0.2) is 33.5 Å². The molecule has 0 saturated carbocycles. The number of anilines is 2. The summed E-state index contributed by atoms with van der Waals surface area (Å²) in [7, 11) is 0. The van der Waals surface area contributed by atoms with Gasteiger partial charge in [0.25, 0.3) is 5.91 Å². The third kappa shape index (κ3) is 7.20. The number of carbonyl (C=O) groups excluding carboxylic acids is 2. The lowest BCUT2D eigenvalue weighted by molar-refractivity contribution is -0.113. The highest BCUT2D eigenvalue weighted by Gasteiger charge is 2.14. The fourth-order valence-electron chi connectivity index (χ4n) is 2.33. The van der Waals surface area contributed by atoms with Gasteiger partial charge in [-0.3, -0.25) is 9.59 Å². The molecular weight excluding hydrogens is 455 g/mol. The highest BCUT2D eigenvalue weighted by molar-refractivity contribution is 8.03. The van der Waals surface area contributed by atoms with Crippen LogP contribution in [-0.2, 0) is 4.79 Å². The molecule has 2 amide bonds. The molecule has 0 aliphatic heterocycles. The molecule has 0 bridgehead atoms. The number of nitrogens with one attached hydrogen (secondary N) is 2. The molecule has 2 N–H and O–H groups in total. The number of carbonyl (C=O) groups is 2. The van der Waals surface area contributed by atoms with Crippen molar-refractivity contribution in [3.8, 4) is 0 Å². The Balaban J connectivity index is 1.57. The fraction of sp³-hybridized carbons (Fsp3) is 0.143. The molecule has 6 nitrogen and oxygen atoms in total. The summed E-state index contributed by atoms with van der Waals surface area (Å²) in [6.07, 6.45) is 0. The Bertz CT molecular complexity index is 1090. The van der Waals surface area contributed by atoms with Gasteiger partial charge in [-0.15, -0.1) is 10.2 Å². The first-order valence-corrected chi connectivity index (χ1v) is 11.9. The Labute approximate surface area is 191 Å². The van der Waals surface area contributed by atoms with Crippen LogP contribution in [0.4, 0.5) is 15.8 Å². The Hall–Kier alpha value is -2.69. The van der Waals surface area contributed by atoms with Gasteiger partial charge in [0, 0.05) is 11.4 Å². The first-order valence-electron chi connectivity index (χ1n) is 9.10. The van der Waals surface area contributed by atoms with Crippen molar-refractivity contribution in [1.82, 2.24) is 10.2 Å². The molecule has 31 heavy (non-hydrogen) atoms. The van der Waals surface area contributed by atoms with Crippen LogP contribution in [0.15, 0.2) is 69.4 Å². The van der Waals surface area contributed by atoms with Gasteiger partial charge in [0.15, 0.2) is 8.68 Å². The Morgan fingerprint density at radius 3 is 2.32 bits per heavy atom. The highest BCUT2D eigenvalue weighted by atomic mass is 32.2. The Morgan fingerprint density at radius 2 is 1.65 bits per heavy atom. The maximum atomic E-state index is 13.0. The Morgan fingerprint density at radius 1 is 1.00 bits per heavy atom. The van der Waals surface area contributed by atoms with Crippen molar-refractivity contribution in [2.75, 3.05) is 22.1 Å². The second-order valence-electron chi connectivity index (χ2n) is 6.42. The van der Waals surface area contributed by atoms with E-state index in [1.165, 1.54) is 47.4 Å². The molecule has 1 aromatic heterocycles. The van der Waals surface area contributed by atoms with E-state index in [2.05, 4.69) is 27.4 Å². The van der Waals surface area contributed by atoms with Gasteiger partial charge in [0.05, 0.1) is 17.0 Å². The van der Waals surface area contributed by atoms with E-state index in [1.807, 2.05) is 6.92 Å². The van der Waals surface area contributed by atoms with E-state index in [9.17, 15) is 14.0 Å². The van der Waals surface area contributed by atoms with Crippen molar-refractivity contribution in [3.63, 3.8) is 0 Å². The molecule has 160 valence electrons. The van der Waals surface area contributed by atoms with Crippen LogP contribution in [0.5, 0.6) is 0 Å². The van der Waals surface area contributed by atoms with Gasteiger partial charge in [0.1, 0.15) is 5.82 Å². The van der Waals surface area contributed by atoms with Gasteiger partial charge in [-0.2, -0.15) is 0 Å². The summed E-state index contributed by atoms with van der Waals surface area (Å²) in [4.78, 5) is 25.0. The van der Waals surface area contributed by atoms with Gasteiger partial charge in [-0.25, -0.2) is 4.39 Å². The van der Waals surface area contributed by atoms with E-state index >= 15 is 0 Å². The molecule has 0 saturated heterocycles. The second kappa shape index (κ2) is 11.1. The zero-order valence-electron chi connectivity index (χ0n) is 16.6. The zero-order chi connectivity index (χ0) is 22.2. The molecule has 0 atom stereocenters. The minimum Gasteiger partial charge on any atom is -0.325 e. The van der Waals surface area contributed by atoms with Gasteiger partial charge >= 0.3 is 0 Å². The third-order valence-electron chi connectivity index (χ3n) is 3.70. The summed E-state index contributed by atoms with van der Waals surface area (Å²) in [6.45, 7) is 5.81.